The summed E-state index contributed by atoms with van der Waals surface area (Å²) in [5.41, 5.74) is 1.98. The number of hydrogen-bond donors (Lipinski definition) is 1. The second kappa shape index (κ2) is 6.45. The fourth-order valence-electron chi connectivity index (χ4n) is 3.81. The van der Waals surface area contributed by atoms with Gasteiger partial charge in [0.25, 0.3) is 0 Å². The standard InChI is InChI=1S/C20H20N2O3S/c23-16-9-18-17(24-12-25-18)8-14(16)11-22-7-3-4-13(10-22)20-21-15-5-1-2-6-19(15)26-20/h1-2,5-6,8-9,13,23H,3-4,7,10-12H2. The van der Waals surface area contributed by atoms with Gasteiger partial charge in [-0.3, -0.25) is 4.90 Å². The summed E-state index contributed by atoms with van der Waals surface area (Å²) in [5.74, 6) is 2.07. The zero-order valence-electron chi connectivity index (χ0n) is 14.4. The van der Waals surface area contributed by atoms with E-state index in [0.717, 1.165) is 36.3 Å². The number of benzene rings is 2. The van der Waals surface area contributed by atoms with Crippen molar-refractivity contribution in [1.82, 2.24) is 9.88 Å². The molecule has 26 heavy (non-hydrogen) atoms. The maximum absolute atomic E-state index is 10.3. The minimum Gasteiger partial charge on any atom is -0.507 e. The summed E-state index contributed by atoms with van der Waals surface area (Å²) in [5, 5.41) is 11.5. The van der Waals surface area contributed by atoms with E-state index in [1.165, 1.54) is 16.1 Å². The highest BCUT2D eigenvalue weighted by molar-refractivity contribution is 7.18. The quantitative estimate of drug-likeness (QED) is 0.754. The molecule has 1 atom stereocenters. The van der Waals surface area contributed by atoms with Crippen LogP contribution in [-0.4, -0.2) is 34.9 Å². The van der Waals surface area contributed by atoms with Crippen LogP contribution in [-0.2, 0) is 6.54 Å². The Hall–Kier alpha value is -2.31. The van der Waals surface area contributed by atoms with Gasteiger partial charge in [0.2, 0.25) is 6.79 Å². The van der Waals surface area contributed by atoms with E-state index in [4.69, 9.17) is 14.5 Å². The molecule has 3 aromatic rings. The summed E-state index contributed by atoms with van der Waals surface area (Å²) >= 11 is 1.81. The number of thiazole rings is 1. The van der Waals surface area contributed by atoms with Crippen LogP contribution >= 0.6 is 11.3 Å². The van der Waals surface area contributed by atoms with Gasteiger partial charge in [-0.15, -0.1) is 11.3 Å². The van der Waals surface area contributed by atoms with E-state index >= 15 is 0 Å². The first kappa shape index (κ1) is 15.9. The highest BCUT2D eigenvalue weighted by Gasteiger charge is 2.25. The zero-order valence-corrected chi connectivity index (χ0v) is 15.2. The second-order valence-corrected chi connectivity index (χ2v) is 7.99. The van der Waals surface area contributed by atoms with Crippen LogP contribution in [0.4, 0.5) is 0 Å². The third-order valence-corrected chi connectivity index (χ3v) is 6.33. The van der Waals surface area contributed by atoms with Crippen LogP contribution in [0, 0.1) is 0 Å². The van der Waals surface area contributed by atoms with Gasteiger partial charge in [0.1, 0.15) is 5.75 Å². The van der Waals surface area contributed by atoms with Gasteiger partial charge in [-0.1, -0.05) is 12.1 Å². The molecule has 3 heterocycles. The van der Waals surface area contributed by atoms with Gasteiger partial charge in [0.05, 0.1) is 15.2 Å². The minimum absolute atomic E-state index is 0.224. The number of para-hydroxylation sites is 1. The van der Waals surface area contributed by atoms with Gasteiger partial charge in [-0.25, -0.2) is 4.98 Å². The van der Waals surface area contributed by atoms with Gasteiger partial charge in [0.15, 0.2) is 11.5 Å². The summed E-state index contributed by atoms with van der Waals surface area (Å²) in [6.45, 7) is 2.94. The predicted molar refractivity (Wildman–Crippen MR) is 101 cm³/mol. The van der Waals surface area contributed by atoms with E-state index in [1.807, 2.05) is 23.5 Å². The highest BCUT2D eigenvalue weighted by Crippen LogP contribution is 2.39. The predicted octanol–water partition coefficient (Wildman–Crippen LogP) is 4.11. The third kappa shape index (κ3) is 2.89. The van der Waals surface area contributed by atoms with Crippen LogP contribution in [0.2, 0.25) is 0 Å². The molecular weight excluding hydrogens is 348 g/mol. The molecule has 0 bridgehead atoms. The number of aromatic hydroxyl groups is 1. The Balaban J connectivity index is 1.34. The van der Waals surface area contributed by atoms with Gasteiger partial charge in [-0.2, -0.15) is 0 Å². The lowest BCUT2D eigenvalue weighted by Crippen LogP contribution is -2.33. The summed E-state index contributed by atoms with van der Waals surface area (Å²) in [6, 6.07) is 11.9. The van der Waals surface area contributed by atoms with Crippen LogP contribution in [0.1, 0.15) is 29.3 Å². The van der Waals surface area contributed by atoms with Crippen molar-refractivity contribution in [3.8, 4) is 17.2 Å². The molecule has 2 aromatic carbocycles. The monoisotopic (exact) mass is 368 g/mol. The van der Waals surface area contributed by atoms with Crippen molar-refractivity contribution < 1.29 is 14.6 Å². The smallest absolute Gasteiger partial charge is 0.231 e. The molecule has 0 aliphatic carbocycles. The lowest BCUT2D eigenvalue weighted by atomic mass is 9.98. The maximum atomic E-state index is 10.3. The lowest BCUT2D eigenvalue weighted by molar-refractivity contribution is 0.173. The van der Waals surface area contributed by atoms with Crippen molar-refractivity contribution in [2.75, 3.05) is 19.9 Å². The summed E-state index contributed by atoms with van der Waals surface area (Å²) in [4.78, 5) is 7.25. The topological polar surface area (TPSA) is 54.8 Å². The van der Waals surface area contributed by atoms with Crippen LogP contribution in [0.25, 0.3) is 10.2 Å². The highest BCUT2D eigenvalue weighted by atomic mass is 32.1. The Kier molecular flexibility index (Phi) is 3.94. The zero-order chi connectivity index (χ0) is 17.5. The molecule has 6 heteroatoms. The van der Waals surface area contributed by atoms with Crippen molar-refractivity contribution >= 4 is 21.6 Å². The number of rotatable bonds is 3. The number of nitrogens with zero attached hydrogens (tertiary/aromatic N) is 2. The van der Waals surface area contributed by atoms with Gasteiger partial charge < -0.3 is 14.6 Å². The number of fused-ring (bicyclic) bond motifs is 2. The van der Waals surface area contributed by atoms with Gasteiger partial charge in [0, 0.05) is 30.6 Å². The average Bonchev–Trinajstić information content (AvgIpc) is 3.28. The lowest BCUT2D eigenvalue weighted by Gasteiger charge is -2.31. The van der Waals surface area contributed by atoms with Crippen LogP contribution in [0.5, 0.6) is 17.2 Å². The molecule has 1 fully saturated rings. The normalized spacial score (nSPS) is 19.9. The second-order valence-electron chi connectivity index (χ2n) is 6.93. The molecule has 1 aromatic heterocycles. The van der Waals surface area contributed by atoms with E-state index < -0.39 is 0 Å². The molecule has 2 aliphatic heterocycles. The molecule has 1 saturated heterocycles. The molecule has 0 saturated carbocycles. The summed E-state index contributed by atoms with van der Waals surface area (Å²) in [6.07, 6.45) is 2.31. The number of aromatic nitrogens is 1. The largest absolute Gasteiger partial charge is 0.507 e. The first-order valence-electron chi connectivity index (χ1n) is 8.95. The Morgan fingerprint density at radius 3 is 2.92 bits per heavy atom. The molecule has 134 valence electrons. The SMILES string of the molecule is Oc1cc2c(cc1CN1CCCC(c3nc4ccccc4s3)C1)OCO2. The van der Waals surface area contributed by atoms with E-state index in [1.54, 1.807) is 6.07 Å². The summed E-state index contributed by atoms with van der Waals surface area (Å²) in [7, 11) is 0. The van der Waals surface area contributed by atoms with Gasteiger partial charge in [-0.05, 0) is 37.6 Å². The van der Waals surface area contributed by atoms with Crippen molar-refractivity contribution in [3.05, 3.63) is 47.0 Å². The molecule has 1 N–H and O–H groups in total. The Labute approximate surface area is 155 Å². The molecular formula is C20H20N2O3S. The van der Waals surface area contributed by atoms with Crippen molar-refractivity contribution in [1.29, 1.82) is 0 Å². The molecule has 0 spiro atoms. The Bertz CT molecular complexity index is 922. The van der Waals surface area contributed by atoms with Crippen LogP contribution < -0.4 is 9.47 Å². The fraction of sp³-hybridized carbons (Fsp3) is 0.350. The molecule has 0 radical (unpaired) electrons. The Morgan fingerprint density at radius 1 is 1.19 bits per heavy atom. The first-order valence-corrected chi connectivity index (χ1v) is 9.77. The molecule has 2 aliphatic rings. The average molecular weight is 368 g/mol. The van der Waals surface area contributed by atoms with Crippen LogP contribution in [0.3, 0.4) is 0 Å². The Morgan fingerprint density at radius 2 is 2.04 bits per heavy atom. The molecule has 0 amide bonds. The number of phenols is 1. The first-order chi connectivity index (χ1) is 12.8. The minimum atomic E-state index is 0.224. The van der Waals surface area contributed by atoms with Crippen LogP contribution in [0.15, 0.2) is 36.4 Å². The number of phenolic OH excluding ortho intramolecular Hbond substituents is 1. The van der Waals surface area contributed by atoms with Crippen molar-refractivity contribution in [2.45, 2.75) is 25.3 Å². The molecule has 5 rings (SSSR count). The fourth-order valence-corrected chi connectivity index (χ4v) is 4.90. The molecule has 5 nitrogen and oxygen atoms in total. The number of piperidine rings is 1. The van der Waals surface area contributed by atoms with Gasteiger partial charge >= 0.3 is 0 Å². The van der Waals surface area contributed by atoms with E-state index in [-0.39, 0.29) is 12.5 Å². The van der Waals surface area contributed by atoms with E-state index in [0.29, 0.717) is 18.2 Å². The van der Waals surface area contributed by atoms with Crippen molar-refractivity contribution in [3.63, 3.8) is 0 Å². The maximum Gasteiger partial charge on any atom is 0.231 e. The van der Waals surface area contributed by atoms with E-state index in [2.05, 4.69) is 23.1 Å². The third-order valence-electron chi connectivity index (χ3n) is 5.13. The number of likely N-dealkylation sites (tertiary alicyclic amines) is 1. The number of ether oxygens (including phenoxy) is 2. The van der Waals surface area contributed by atoms with E-state index in [9.17, 15) is 5.11 Å². The molecule has 1 unspecified atom stereocenters. The van der Waals surface area contributed by atoms with Crippen molar-refractivity contribution in [2.24, 2.45) is 0 Å². The summed E-state index contributed by atoms with van der Waals surface area (Å²) < 4.78 is 12.0. The number of hydrogen-bond acceptors (Lipinski definition) is 6.